The molecule has 0 radical (unpaired) electrons. The highest BCUT2D eigenvalue weighted by Crippen LogP contribution is 2.35. The van der Waals surface area contributed by atoms with E-state index in [2.05, 4.69) is 15.1 Å². The molecule has 0 unspecified atom stereocenters. The van der Waals surface area contributed by atoms with Gasteiger partial charge in [-0.25, -0.2) is 0 Å². The molecular formula is C22H24ClF3N4S. The Balaban J connectivity index is 0.00000272. The summed E-state index contributed by atoms with van der Waals surface area (Å²) in [7, 11) is 1.95. The molecule has 0 N–H and O–H groups in total. The molecule has 0 fully saturated rings. The zero-order valence-electron chi connectivity index (χ0n) is 17.1. The van der Waals surface area contributed by atoms with Gasteiger partial charge in [-0.15, -0.1) is 22.6 Å². The topological polar surface area (TPSA) is 34.0 Å². The fraction of sp³-hybridized carbons (Fsp3) is 0.364. The molecular weight excluding hydrogens is 445 g/mol. The van der Waals surface area contributed by atoms with Gasteiger partial charge in [0.15, 0.2) is 11.0 Å². The summed E-state index contributed by atoms with van der Waals surface area (Å²) in [4.78, 5) is 2.12. The van der Waals surface area contributed by atoms with Gasteiger partial charge in [0.2, 0.25) is 0 Å². The van der Waals surface area contributed by atoms with E-state index in [-0.39, 0.29) is 12.4 Å². The molecule has 31 heavy (non-hydrogen) atoms. The molecule has 4 nitrogen and oxygen atoms in total. The van der Waals surface area contributed by atoms with E-state index in [1.165, 1.54) is 12.1 Å². The van der Waals surface area contributed by atoms with E-state index in [4.69, 9.17) is 0 Å². The van der Waals surface area contributed by atoms with Crippen molar-refractivity contribution in [2.24, 2.45) is 7.05 Å². The second-order valence-corrected chi connectivity index (χ2v) is 8.46. The van der Waals surface area contributed by atoms with E-state index >= 15 is 0 Å². The molecule has 0 saturated carbocycles. The van der Waals surface area contributed by atoms with Gasteiger partial charge in [0.05, 0.1) is 5.56 Å². The predicted octanol–water partition coefficient (Wildman–Crippen LogP) is 5.46. The van der Waals surface area contributed by atoms with Gasteiger partial charge < -0.3 is 4.57 Å². The highest BCUT2D eigenvalue weighted by molar-refractivity contribution is 7.99. The van der Waals surface area contributed by atoms with Gasteiger partial charge in [-0.2, -0.15) is 13.2 Å². The van der Waals surface area contributed by atoms with Crippen molar-refractivity contribution in [2.75, 3.05) is 18.8 Å². The summed E-state index contributed by atoms with van der Waals surface area (Å²) < 4.78 is 41.9. The van der Waals surface area contributed by atoms with Crippen LogP contribution in [0.15, 0.2) is 53.7 Å². The third-order valence-corrected chi connectivity index (χ3v) is 6.48. The quantitative estimate of drug-likeness (QED) is 0.355. The zero-order chi connectivity index (χ0) is 21.1. The van der Waals surface area contributed by atoms with Gasteiger partial charge in [-0.05, 0) is 36.6 Å². The van der Waals surface area contributed by atoms with Crippen molar-refractivity contribution in [3.8, 4) is 11.4 Å². The summed E-state index contributed by atoms with van der Waals surface area (Å²) in [6, 6.07) is 14.4. The molecule has 0 atom stereocenters. The SMILES string of the molecule is Cl.Cn1c(SCCCN2CCc3cccc(C(F)(F)F)c3C2)nnc1-c1ccccc1. The molecule has 2 aromatic carbocycles. The number of thioether (sulfide) groups is 1. The van der Waals surface area contributed by atoms with Crippen LogP contribution in [0.5, 0.6) is 0 Å². The second-order valence-electron chi connectivity index (χ2n) is 7.40. The van der Waals surface area contributed by atoms with Crippen LogP contribution in [0.25, 0.3) is 11.4 Å². The lowest BCUT2D eigenvalue weighted by molar-refractivity contribution is -0.138. The van der Waals surface area contributed by atoms with Crippen LogP contribution in [-0.2, 0) is 26.2 Å². The molecule has 0 bridgehead atoms. The molecule has 0 saturated heterocycles. The van der Waals surface area contributed by atoms with Crippen LogP contribution in [0.1, 0.15) is 23.1 Å². The normalized spacial score (nSPS) is 14.2. The Labute approximate surface area is 190 Å². The minimum atomic E-state index is -4.30. The lowest BCUT2D eigenvalue weighted by Gasteiger charge is -2.30. The maximum Gasteiger partial charge on any atom is 0.416 e. The number of hydrogen-bond donors (Lipinski definition) is 0. The zero-order valence-corrected chi connectivity index (χ0v) is 18.7. The Morgan fingerprint density at radius 2 is 1.81 bits per heavy atom. The van der Waals surface area contributed by atoms with Crippen LogP contribution in [0.4, 0.5) is 13.2 Å². The van der Waals surface area contributed by atoms with Crippen LogP contribution in [-0.4, -0.2) is 38.5 Å². The Morgan fingerprint density at radius 3 is 2.55 bits per heavy atom. The summed E-state index contributed by atoms with van der Waals surface area (Å²) >= 11 is 1.63. The van der Waals surface area contributed by atoms with Crippen molar-refractivity contribution in [3.63, 3.8) is 0 Å². The number of rotatable bonds is 6. The highest BCUT2D eigenvalue weighted by atomic mass is 35.5. The monoisotopic (exact) mass is 468 g/mol. The van der Waals surface area contributed by atoms with Crippen LogP contribution in [0, 0.1) is 0 Å². The van der Waals surface area contributed by atoms with Gasteiger partial charge in [0.1, 0.15) is 0 Å². The predicted molar refractivity (Wildman–Crippen MR) is 119 cm³/mol. The number of alkyl halides is 3. The van der Waals surface area contributed by atoms with Crippen LogP contribution >= 0.6 is 24.2 Å². The first kappa shape index (κ1) is 23.6. The van der Waals surface area contributed by atoms with Crippen molar-refractivity contribution < 1.29 is 13.2 Å². The number of fused-ring (bicyclic) bond motifs is 1. The lowest BCUT2D eigenvalue weighted by atomic mass is 9.94. The van der Waals surface area contributed by atoms with Crippen molar-refractivity contribution in [1.82, 2.24) is 19.7 Å². The van der Waals surface area contributed by atoms with Crippen molar-refractivity contribution in [3.05, 3.63) is 65.2 Å². The molecule has 2 heterocycles. The molecule has 0 aliphatic carbocycles. The first-order valence-corrected chi connectivity index (χ1v) is 10.9. The third kappa shape index (κ3) is 5.42. The van der Waals surface area contributed by atoms with E-state index in [1.54, 1.807) is 11.8 Å². The maximum atomic E-state index is 13.3. The molecule has 9 heteroatoms. The van der Waals surface area contributed by atoms with Gasteiger partial charge in [-0.3, -0.25) is 4.90 Å². The summed E-state index contributed by atoms with van der Waals surface area (Å²) in [6.45, 7) is 1.92. The van der Waals surface area contributed by atoms with Gasteiger partial charge >= 0.3 is 6.18 Å². The van der Waals surface area contributed by atoms with Gasteiger partial charge in [-0.1, -0.05) is 54.2 Å². The van der Waals surface area contributed by atoms with Crippen LogP contribution < -0.4 is 0 Å². The minimum absolute atomic E-state index is 0. The molecule has 1 aliphatic rings. The Morgan fingerprint density at radius 1 is 1.03 bits per heavy atom. The third-order valence-electron chi connectivity index (χ3n) is 5.37. The lowest BCUT2D eigenvalue weighted by Crippen LogP contribution is -2.33. The first-order chi connectivity index (χ1) is 14.4. The Kier molecular flexibility index (Phi) is 7.67. The molecule has 3 aromatic rings. The summed E-state index contributed by atoms with van der Waals surface area (Å²) in [6.07, 6.45) is -2.76. The summed E-state index contributed by atoms with van der Waals surface area (Å²) in [5.74, 6) is 1.66. The number of aromatic nitrogens is 3. The van der Waals surface area contributed by atoms with Crippen molar-refractivity contribution in [1.29, 1.82) is 0 Å². The van der Waals surface area contributed by atoms with E-state index in [0.29, 0.717) is 18.5 Å². The number of halogens is 4. The van der Waals surface area contributed by atoms with Crippen LogP contribution in [0.2, 0.25) is 0 Å². The minimum Gasteiger partial charge on any atom is -0.305 e. The number of benzene rings is 2. The summed E-state index contributed by atoms with van der Waals surface area (Å²) in [5.41, 5.74) is 1.78. The fourth-order valence-corrected chi connectivity index (χ4v) is 4.66. The van der Waals surface area contributed by atoms with Crippen molar-refractivity contribution in [2.45, 2.75) is 30.7 Å². The summed E-state index contributed by atoms with van der Waals surface area (Å²) in [5, 5.41) is 9.41. The second kappa shape index (κ2) is 10.1. The molecule has 0 spiro atoms. The average Bonchev–Trinajstić information content (AvgIpc) is 3.11. The molecule has 0 amide bonds. The Hall–Kier alpha value is -2.03. The number of nitrogens with zero attached hydrogens (tertiary/aromatic N) is 4. The smallest absolute Gasteiger partial charge is 0.305 e. The number of hydrogen-bond acceptors (Lipinski definition) is 4. The first-order valence-electron chi connectivity index (χ1n) is 9.91. The average molecular weight is 469 g/mol. The van der Waals surface area contributed by atoms with E-state index in [9.17, 15) is 13.2 Å². The maximum absolute atomic E-state index is 13.3. The largest absolute Gasteiger partial charge is 0.416 e. The molecule has 166 valence electrons. The van der Waals surface area contributed by atoms with E-state index in [1.807, 2.05) is 48.0 Å². The van der Waals surface area contributed by atoms with Crippen molar-refractivity contribution >= 4 is 24.2 Å². The Bertz CT molecular complexity index is 1010. The van der Waals surface area contributed by atoms with E-state index in [0.717, 1.165) is 47.4 Å². The van der Waals surface area contributed by atoms with Crippen LogP contribution in [0.3, 0.4) is 0 Å². The fourth-order valence-electron chi connectivity index (χ4n) is 3.82. The van der Waals surface area contributed by atoms with Gasteiger partial charge in [0, 0.05) is 31.5 Å². The van der Waals surface area contributed by atoms with Gasteiger partial charge in [0.25, 0.3) is 0 Å². The molecule has 4 rings (SSSR count). The standard InChI is InChI=1S/C22H23F3N4S.ClH/c1-28-20(17-7-3-2-4-8-17)26-27-21(28)30-14-6-12-29-13-11-16-9-5-10-19(18(16)15-29)22(23,24)25;/h2-5,7-10H,6,11-15H2,1H3;1H. The van der Waals surface area contributed by atoms with E-state index < -0.39 is 11.7 Å². The molecule has 1 aromatic heterocycles. The highest BCUT2D eigenvalue weighted by Gasteiger charge is 2.35. The molecule has 1 aliphatic heterocycles.